The third-order valence-electron chi connectivity index (χ3n) is 4.51. The van der Waals surface area contributed by atoms with Crippen molar-refractivity contribution in [3.05, 3.63) is 71.3 Å². The van der Waals surface area contributed by atoms with Gasteiger partial charge in [-0.05, 0) is 17.7 Å². The second-order valence-corrected chi connectivity index (χ2v) is 6.51. The van der Waals surface area contributed by atoms with Gasteiger partial charge in [0, 0.05) is 26.4 Å². The second kappa shape index (κ2) is 8.47. The normalized spacial score (nSPS) is 13.8. The lowest BCUT2D eigenvalue weighted by atomic mass is 10.0. The molecule has 0 radical (unpaired) electrons. The molecule has 3 rings (SSSR count). The molecule has 1 aliphatic rings. The monoisotopic (exact) mass is 379 g/mol. The maximum atomic E-state index is 12.9. The van der Waals surface area contributed by atoms with E-state index in [1.165, 1.54) is 6.92 Å². The van der Waals surface area contributed by atoms with Gasteiger partial charge in [0.2, 0.25) is 11.8 Å². The van der Waals surface area contributed by atoms with E-state index >= 15 is 0 Å². The summed E-state index contributed by atoms with van der Waals surface area (Å²) in [7, 11) is 0. The zero-order valence-electron chi connectivity index (χ0n) is 15.5. The number of hydrogen-bond acceptors (Lipinski definition) is 4. The Morgan fingerprint density at radius 3 is 1.96 bits per heavy atom. The van der Waals surface area contributed by atoms with Gasteiger partial charge in [-0.3, -0.25) is 24.1 Å². The van der Waals surface area contributed by atoms with E-state index < -0.39 is 23.8 Å². The molecule has 1 aliphatic heterocycles. The van der Waals surface area contributed by atoms with Crippen molar-refractivity contribution in [2.75, 3.05) is 13.1 Å². The van der Waals surface area contributed by atoms with Crippen molar-refractivity contribution in [2.45, 2.75) is 19.4 Å². The Hall–Kier alpha value is -3.48. The number of amides is 4. The first-order valence-electron chi connectivity index (χ1n) is 9.02. The van der Waals surface area contributed by atoms with Crippen LogP contribution in [0.3, 0.4) is 0 Å². The Morgan fingerprint density at radius 2 is 1.39 bits per heavy atom. The zero-order valence-corrected chi connectivity index (χ0v) is 15.5. The highest BCUT2D eigenvalue weighted by atomic mass is 16.2. The van der Waals surface area contributed by atoms with Gasteiger partial charge in [-0.1, -0.05) is 42.5 Å². The Bertz CT molecular complexity index is 876. The first-order chi connectivity index (χ1) is 13.5. The minimum Gasteiger partial charge on any atom is -0.355 e. The van der Waals surface area contributed by atoms with Crippen LogP contribution in [0, 0.1) is 0 Å². The average molecular weight is 379 g/mol. The standard InChI is InChI=1S/C21H21N3O4/c1-14(25)22-11-12-23-19(26)18(13-15-7-3-2-4-8-15)24-20(27)16-9-5-6-10-17(16)21(24)28/h2-10,18H,11-13H2,1H3,(H,22,25)(H,23,26)/t18-/m0/s1. The van der Waals surface area contributed by atoms with Crippen molar-refractivity contribution in [3.8, 4) is 0 Å². The Kier molecular flexibility index (Phi) is 5.84. The van der Waals surface area contributed by atoms with Crippen LogP contribution < -0.4 is 10.6 Å². The number of nitrogens with one attached hydrogen (secondary N) is 2. The fourth-order valence-electron chi connectivity index (χ4n) is 3.17. The predicted octanol–water partition coefficient (Wildman–Crippen LogP) is 1.15. The van der Waals surface area contributed by atoms with Crippen LogP contribution in [-0.2, 0) is 16.0 Å². The second-order valence-electron chi connectivity index (χ2n) is 6.51. The molecular weight excluding hydrogens is 358 g/mol. The molecule has 144 valence electrons. The van der Waals surface area contributed by atoms with E-state index in [0.29, 0.717) is 11.1 Å². The van der Waals surface area contributed by atoms with Gasteiger partial charge in [-0.25, -0.2) is 0 Å². The molecule has 4 amide bonds. The molecule has 0 unspecified atom stereocenters. The maximum Gasteiger partial charge on any atom is 0.262 e. The molecule has 0 spiro atoms. The minimum atomic E-state index is -0.980. The third kappa shape index (κ3) is 4.09. The molecule has 7 nitrogen and oxygen atoms in total. The van der Waals surface area contributed by atoms with Crippen molar-refractivity contribution < 1.29 is 19.2 Å². The summed E-state index contributed by atoms with van der Waals surface area (Å²) >= 11 is 0. The van der Waals surface area contributed by atoms with E-state index in [0.717, 1.165) is 10.5 Å². The lowest BCUT2D eigenvalue weighted by Gasteiger charge is -2.25. The van der Waals surface area contributed by atoms with Gasteiger partial charge in [0.15, 0.2) is 0 Å². The van der Waals surface area contributed by atoms with Gasteiger partial charge < -0.3 is 10.6 Å². The van der Waals surface area contributed by atoms with Gasteiger partial charge >= 0.3 is 0 Å². The summed E-state index contributed by atoms with van der Waals surface area (Å²) in [5.74, 6) is -1.59. The van der Waals surface area contributed by atoms with Crippen molar-refractivity contribution >= 4 is 23.6 Å². The third-order valence-corrected chi connectivity index (χ3v) is 4.51. The molecule has 0 bridgehead atoms. The SMILES string of the molecule is CC(=O)NCCNC(=O)[C@H](Cc1ccccc1)N1C(=O)c2ccccc2C1=O. The number of carbonyl (C=O) groups is 4. The van der Waals surface area contributed by atoms with Crippen molar-refractivity contribution in [1.29, 1.82) is 0 Å². The molecule has 0 fully saturated rings. The summed E-state index contributed by atoms with van der Waals surface area (Å²) in [6.45, 7) is 1.85. The molecule has 0 aliphatic carbocycles. The van der Waals surface area contributed by atoms with Crippen molar-refractivity contribution in [2.24, 2.45) is 0 Å². The smallest absolute Gasteiger partial charge is 0.262 e. The minimum absolute atomic E-state index is 0.199. The van der Waals surface area contributed by atoms with E-state index in [2.05, 4.69) is 10.6 Å². The van der Waals surface area contributed by atoms with Crippen LogP contribution in [0.2, 0.25) is 0 Å². The van der Waals surface area contributed by atoms with Gasteiger partial charge in [0.05, 0.1) is 11.1 Å². The predicted molar refractivity (Wildman–Crippen MR) is 103 cm³/mol. The summed E-state index contributed by atoms with van der Waals surface area (Å²) < 4.78 is 0. The molecule has 1 heterocycles. The van der Waals surface area contributed by atoms with E-state index in [1.807, 2.05) is 30.3 Å². The van der Waals surface area contributed by atoms with Crippen LogP contribution >= 0.6 is 0 Å². The number of imide groups is 1. The van der Waals surface area contributed by atoms with E-state index in [4.69, 9.17) is 0 Å². The number of nitrogens with zero attached hydrogens (tertiary/aromatic N) is 1. The summed E-state index contributed by atoms with van der Waals surface area (Å²) in [6.07, 6.45) is 0.207. The number of rotatable bonds is 7. The lowest BCUT2D eigenvalue weighted by Crippen LogP contribution is -2.51. The van der Waals surface area contributed by atoms with Crippen LogP contribution in [0.5, 0.6) is 0 Å². The Balaban J connectivity index is 1.82. The van der Waals surface area contributed by atoms with Crippen LogP contribution in [0.15, 0.2) is 54.6 Å². The molecule has 1 atom stereocenters. The molecule has 0 saturated heterocycles. The largest absolute Gasteiger partial charge is 0.355 e. The summed E-state index contributed by atoms with van der Waals surface area (Å²) in [4.78, 5) is 50.5. The molecular formula is C21H21N3O4. The quantitative estimate of drug-likeness (QED) is 0.557. The number of benzene rings is 2. The molecule has 2 aromatic carbocycles. The van der Waals surface area contributed by atoms with Crippen LogP contribution in [0.4, 0.5) is 0 Å². The van der Waals surface area contributed by atoms with E-state index in [-0.39, 0.29) is 25.4 Å². The lowest BCUT2D eigenvalue weighted by molar-refractivity contribution is -0.125. The number of hydrogen-bond donors (Lipinski definition) is 2. The highest BCUT2D eigenvalue weighted by Gasteiger charge is 2.42. The van der Waals surface area contributed by atoms with Gasteiger partial charge in [-0.2, -0.15) is 0 Å². The average Bonchev–Trinajstić information content (AvgIpc) is 2.95. The molecule has 7 heteroatoms. The maximum absolute atomic E-state index is 12.9. The van der Waals surface area contributed by atoms with Crippen LogP contribution in [0.1, 0.15) is 33.2 Å². The Morgan fingerprint density at radius 1 is 0.857 bits per heavy atom. The molecule has 28 heavy (non-hydrogen) atoms. The summed E-state index contributed by atoms with van der Waals surface area (Å²) in [5.41, 5.74) is 1.44. The fraction of sp³-hybridized carbons (Fsp3) is 0.238. The van der Waals surface area contributed by atoms with Gasteiger partial charge in [0.25, 0.3) is 11.8 Å². The van der Waals surface area contributed by atoms with Gasteiger partial charge in [-0.15, -0.1) is 0 Å². The van der Waals surface area contributed by atoms with Crippen molar-refractivity contribution in [3.63, 3.8) is 0 Å². The molecule has 2 N–H and O–H groups in total. The zero-order chi connectivity index (χ0) is 20.1. The molecule has 0 saturated carbocycles. The summed E-state index contributed by atoms with van der Waals surface area (Å²) in [6, 6.07) is 14.8. The Labute approximate surface area is 162 Å². The van der Waals surface area contributed by atoms with E-state index in [9.17, 15) is 19.2 Å². The van der Waals surface area contributed by atoms with Crippen LogP contribution in [0.25, 0.3) is 0 Å². The number of fused-ring (bicyclic) bond motifs is 1. The van der Waals surface area contributed by atoms with E-state index in [1.54, 1.807) is 24.3 Å². The topological polar surface area (TPSA) is 95.6 Å². The molecule has 2 aromatic rings. The van der Waals surface area contributed by atoms with Gasteiger partial charge in [0.1, 0.15) is 6.04 Å². The van der Waals surface area contributed by atoms with Crippen molar-refractivity contribution in [1.82, 2.24) is 15.5 Å². The first kappa shape index (κ1) is 19.3. The number of carbonyl (C=O) groups excluding carboxylic acids is 4. The highest BCUT2D eigenvalue weighted by molar-refractivity contribution is 6.22. The van der Waals surface area contributed by atoms with Crippen LogP contribution in [-0.4, -0.2) is 47.7 Å². The first-order valence-corrected chi connectivity index (χ1v) is 9.02. The summed E-state index contributed by atoms with van der Waals surface area (Å²) in [5, 5.41) is 5.29. The molecule has 0 aromatic heterocycles. The highest BCUT2D eigenvalue weighted by Crippen LogP contribution is 2.26. The fourth-order valence-corrected chi connectivity index (χ4v) is 3.17.